The van der Waals surface area contributed by atoms with Gasteiger partial charge in [0.2, 0.25) is 0 Å². The van der Waals surface area contributed by atoms with Crippen molar-refractivity contribution < 1.29 is 13.6 Å². The van der Waals surface area contributed by atoms with Crippen molar-refractivity contribution in [2.75, 3.05) is 6.54 Å². The number of likely N-dealkylation sites (tertiary alicyclic amines) is 1. The van der Waals surface area contributed by atoms with Crippen LogP contribution in [0.3, 0.4) is 0 Å². The second-order valence-corrected chi connectivity index (χ2v) is 6.41. The Bertz CT molecular complexity index is 789. The van der Waals surface area contributed by atoms with E-state index in [0.717, 1.165) is 23.9 Å². The van der Waals surface area contributed by atoms with Crippen LogP contribution in [-0.2, 0) is 5.54 Å². The van der Waals surface area contributed by atoms with E-state index < -0.39 is 23.1 Å². The van der Waals surface area contributed by atoms with Crippen LogP contribution >= 0.6 is 0 Å². The van der Waals surface area contributed by atoms with Gasteiger partial charge in [0.25, 0.3) is 5.91 Å². The fourth-order valence-corrected chi connectivity index (χ4v) is 3.30. The molecule has 2 aromatic rings. The molecule has 1 aromatic heterocycles. The first kappa shape index (κ1) is 16.5. The van der Waals surface area contributed by atoms with Gasteiger partial charge in [-0.3, -0.25) is 4.79 Å². The highest BCUT2D eigenvalue weighted by molar-refractivity contribution is 5.95. The second kappa shape index (κ2) is 5.92. The van der Waals surface area contributed by atoms with Gasteiger partial charge in [0.15, 0.2) is 17.5 Å². The normalized spacial score (nSPS) is 20.5. The van der Waals surface area contributed by atoms with Crippen molar-refractivity contribution in [2.45, 2.75) is 39.2 Å². The topological polar surface area (TPSA) is 46.1 Å². The van der Waals surface area contributed by atoms with Crippen LogP contribution in [0.2, 0.25) is 0 Å². The number of benzene rings is 1. The van der Waals surface area contributed by atoms with Crippen molar-refractivity contribution in [3.8, 4) is 0 Å². The number of carbonyl (C=O) groups is 1. The molecule has 1 unspecified atom stereocenters. The zero-order valence-corrected chi connectivity index (χ0v) is 13.9. The first-order chi connectivity index (χ1) is 11.3. The maximum atomic E-state index is 14.0. The Balaban J connectivity index is 2.03. The molecular formula is C18H19F2N3O. The number of nitrogens with zero attached hydrogens (tertiary/aromatic N) is 3. The number of halogens is 2. The fraction of sp³-hybridized carbons (Fsp3) is 0.389. The van der Waals surface area contributed by atoms with E-state index >= 15 is 0 Å². The van der Waals surface area contributed by atoms with Crippen molar-refractivity contribution >= 4 is 5.91 Å². The van der Waals surface area contributed by atoms with E-state index in [0.29, 0.717) is 18.8 Å². The molecule has 1 amide bonds. The van der Waals surface area contributed by atoms with E-state index in [2.05, 4.69) is 9.97 Å². The van der Waals surface area contributed by atoms with Gasteiger partial charge in [0, 0.05) is 17.9 Å². The minimum Gasteiger partial charge on any atom is -0.326 e. The molecule has 0 spiro atoms. The lowest BCUT2D eigenvalue weighted by molar-refractivity contribution is 0.0597. The van der Waals surface area contributed by atoms with E-state index in [1.807, 2.05) is 26.8 Å². The minimum atomic E-state index is -1.11. The summed E-state index contributed by atoms with van der Waals surface area (Å²) in [6.07, 6.45) is 1.44. The molecule has 0 N–H and O–H groups in total. The van der Waals surface area contributed by atoms with Crippen LogP contribution in [0.15, 0.2) is 24.3 Å². The quantitative estimate of drug-likeness (QED) is 0.846. The first-order valence-electron chi connectivity index (χ1n) is 7.91. The van der Waals surface area contributed by atoms with Gasteiger partial charge >= 0.3 is 0 Å². The second-order valence-electron chi connectivity index (χ2n) is 6.41. The van der Waals surface area contributed by atoms with E-state index in [1.54, 1.807) is 4.90 Å². The summed E-state index contributed by atoms with van der Waals surface area (Å²) >= 11 is 0. The van der Waals surface area contributed by atoms with Crippen LogP contribution < -0.4 is 0 Å². The average molecular weight is 331 g/mol. The number of aryl methyl sites for hydroxylation is 2. The minimum absolute atomic E-state index is 0.257. The maximum absolute atomic E-state index is 14.0. The zero-order valence-electron chi connectivity index (χ0n) is 13.9. The fourth-order valence-electron chi connectivity index (χ4n) is 3.30. The summed E-state index contributed by atoms with van der Waals surface area (Å²) in [5, 5.41) is 0. The van der Waals surface area contributed by atoms with Crippen molar-refractivity contribution in [3.63, 3.8) is 0 Å². The van der Waals surface area contributed by atoms with Crippen LogP contribution in [-0.4, -0.2) is 27.3 Å². The Kier molecular flexibility index (Phi) is 4.07. The third-order valence-electron chi connectivity index (χ3n) is 4.53. The highest BCUT2D eigenvalue weighted by Gasteiger charge is 2.44. The van der Waals surface area contributed by atoms with Gasteiger partial charge in [0.1, 0.15) is 5.54 Å². The van der Waals surface area contributed by atoms with Crippen molar-refractivity contribution in [1.29, 1.82) is 0 Å². The summed E-state index contributed by atoms with van der Waals surface area (Å²) in [7, 11) is 0. The molecule has 126 valence electrons. The molecule has 1 fully saturated rings. The molecular weight excluding hydrogens is 312 g/mol. The molecule has 1 atom stereocenters. The number of aromatic nitrogens is 2. The molecule has 1 aliphatic rings. The molecule has 1 aliphatic heterocycles. The van der Waals surface area contributed by atoms with E-state index in [-0.39, 0.29) is 5.56 Å². The van der Waals surface area contributed by atoms with Crippen LogP contribution in [0.25, 0.3) is 0 Å². The molecule has 4 nitrogen and oxygen atoms in total. The summed E-state index contributed by atoms with van der Waals surface area (Å²) in [4.78, 5) is 23.4. The van der Waals surface area contributed by atoms with E-state index in [4.69, 9.17) is 0 Å². The van der Waals surface area contributed by atoms with Crippen LogP contribution in [0.5, 0.6) is 0 Å². The molecule has 2 heterocycles. The molecule has 0 aliphatic carbocycles. The van der Waals surface area contributed by atoms with Crippen molar-refractivity contribution in [1.82, 2.24) is 14.9 Å². The largest absolute Gasteiger partial charge is 0.326 e. The number of rotatable bonds is 2. The molecule has 1 saturated heterocycles. The standard InChI is InChI=1S/C18H19F2N3O/c1-11-10-12(2)22-17(21-11)18(3)8-5-9-23(18)16(24)13-6-4-7-14(19)15(13)20/h4,6-7,10H,5,8-9H2,1-3H3. The molecule has 1 aromatic carbocycles. The predicted molar refractivity (Wildman–Crippen MR) is 85.5 cm³/mol. The van der Waals surface area contributed by atoms with Gasteiger partial charge < -0.3 is 4.90 Å². The lowest BCUT2D eigenvalue weighted by Crippen LogP contribution is -2.44. The third-order valence-corrected chi connectivity index (χ3v) is 4.53. The molecule has 24 heavy (non-hydrogen) atoms. The van der Waals surface area contributed by atoms with Gasteiger partial charge in [-0.15, -0.1) is 0 Å². The molecule has 3 rings (SSSR count). The van der Waals surface area contributed by atoms with Crippen LogP contribution in [0.1, 0.15) is 47.3 Å². The Morgan fingerprint density at radius 1 is 1.21 bits per heavy atom. The molecule has 0 radical (unpaired) electrons. The lowest BCUT2D eigenvalue weighted by atomic mass is 9.96. The van der Waals surface area contributed by atoms with Crippen LogP contribution in [0, 0.1) is 25.5 Å². The Hall–Kier alpha value is -2.37. The summed E-state index contributed by atoms with van der Waals surface area (Å²) in [5.74, 6) is -2.13. The van der Waals surface area contributed by atoms with E-state index in [1.165, 1.54) is 12.1 Å². The van der Waals surface area contributed by atoms with E-state index in [9.17, 15) is 13.6 Å². The number of hydrogen-bond acceptors (Lipinski definition) is 3. The number of amides is 1. The Labute approximate surface area is 139 Å². The van der Waals surface area contributed by atoms with Crippen molar-refractivity contribution in [2.24, 2.45) is 0 Å². The van der Waals surface area contributed by atoms with Gasteiger partial charge in [-0.05, 0) is 51.8 Å². The van der Waals surface area contributed by atoms with Gasteiger partial charge in [-0.25, -0.2) is 18.7 Å². The smallest absolute Gasteiger partial charge is 0.257 e. The molecule has 0 bridgehead atoms. The first-order valence-corrected chi connectivity index (χ1v) is 7.91. The highest BCUT2D eigenvalue weighted by Crippen LogP contribution is 2.38. The summed E-state index contributed by atoms with van der Waals surface area (Å²) in [6.45, 7) is 6.08. The predicted octanol–water partition coefficient (Wildman–Crippen LogP) is 3.52. The summed E-state index contributed by atoms with van der Waals surface area (Å²) in [5.41, 5.74) is 0.643. The summed E-state index contributed by atoms with van der Waals surface area (Å²) < 4.78 is 27.5. The lowest BCUT2D eigenvalue weighted by Gasteiger charge is -2.34. The summed E-state index contributed by atoms with van der Waals surface area (Å²) in [6, 6.07) is 5.51. The Morgan fingerprint density at radius 2 is 1.88 bits per heavy atom. The molecule has 6 heteroatoms. The third kappa shape index (κ3) is 2.66. The molecule has 0 saturated carbocycles. The highest BCUT2D eigenvalue weighted by atomic mass is 19.2. The monoisotopic (exact) mass is 331 g/mol. The maximum Gasteiger partial charge on any atom is 0.257 e. The number of hydrogen-bond donors (Lipinski definition) is 0. The zero-order chi connectivity index (χ0) is 17.5. The SMILES string of the molecule is Cc1cc(C)nc(C2(C)CCCN2C(=O)c2cccc(F)c2F)n1. The average Bonchev–Trinajstić information content (AvgIpc) is 2.92. The number of carbonyl (C=O) groups excluding carboxylic acids is 1. The Morgan fingerprint density at radius 3 is 2.54 bits per heavy atom. The van der Waals surface area contributed by atoms with Crippen LogP contribution in [0.4, 0.5) is 8.78 Å². The van der Waals surface area contributed by atoms with Gasteiger partial charge in [-0.2, -0.15) is 0 Å². The van der Waals surface area contributed by atoms with Gasteiger partial charge in [-0.1, -0.05) is 6.07 Å². The van der Waals surface area contributed by atoms with Crippen molar-refractivity contribution in [3.05, 3.63) is 58.7 Å². The van der Waals surface area contributed by atoms with Gasteiger partial charge in [0.05, 0.1) is 5.56 Å².